The Labute approximate surface area is 114 Å². The summed E-state index contributed by atoms with van der Waals surface area (Å²) in [5.41, 5.74) is 0.747. The molecule has 3 heteroatoms. The molecule has 1 unspecified atom stereocenters. The summed E-state index contributed by atoms with van der Waals surface area (Å²) in [6, 6.07) is 7.87. The van der Waals surface area contributed by atoms with Crippen LogP contribution in [-0.4, -0.2) is 17.7 Å². The van der Waals surface area contributed by atoms with Crippen LogP contribution in [0.3, 0.4) is 0 Å². The minimum Gasteiger partial charge on any atom is -0.349 e. The lowest BCUT2D eigenvalue weighted by molar-refractivity contribution is 0.0927. The maximum atomic E-state index is 12.2. The molecule has 0 fully saturated rings. The van der Waals surface area contributed by atoms with E-state index in [2.05, 4.69) is 25.7 Å². The fourth-order valence-electron chi connectivity index (χ4n) is 1.38. The molecule has 0 saturated heterocycles. The molecule has 0 saturated carbocycles. The Morgan fingerprint density at radius 2 is 2.06 bits per heavy atom. The zero-order valence-corrected chi connectivity index (χ0v) is 12.1. The number of amides is 1. The van der Waals surface area contributed by atoms with Crippen LogP contribution in [-0.2, 0) is 0 Å². The Balaban J connectivity index is 2.81. The molecule has 1 N–H and O–H groups in total. The highest BCUT2D eigenvalue weighted by Gasteiger charge is 2.15. The van der Waals surface area contributed by atoms with Gasteiger partial charge in [-0.25, -0.2) is 0 Å². The molecule has 0 radical (unpaired) electrons. The smallest absolute Gasteiger partial charge is 0.252 e. The summed E-state index contributed by atoms with van der Waals surface area (Å²) in [5.74, 6) is 1.25. The first-order valence-electron chi connectivity index (χ1n) is 6.19. The molecule has 0 aliphatic carbocycles. The molecule has 1 aromatic rings. The standard InChI is InChI=1S/C15H21NOS/c1-5-10-18-14-9-7-6-8-13(14)15(17)16-12(4)11(2)3/h5-9,11-12H,1,10H2,2-4H3,(H,16,17). The topological polar surface area (TPSA) is 29.1 Å². The van der Waals surface area contributed by atoms with Crippen LogP contribution in [0.5, 0.6) is 0 Å². The van der Waals surface area contributed by atoms with E-state index in [-0.39, 0.29) is 11.9 Å². The van der Waals surface area contributed by atoms with Crippen molar-refractivity contribution in [2.45, 2.75) is 31.7 Å². The summed E-state index contributed by atoms with van der Waals surface area (Å²) >= 11 is 1.63. The second-order valence-electron chi connectivity index (χ2n) is 4.60. The molecule has 18 heavy (non-hydrogen) atoms. The molecular weight excluding hydrogens is 242 g/mol. The van der Waals surface area contributed by atoms with E-state index in [1.54, 1.807) is 11.8 Å². The number of hydrogen-bond donors (Lipinski definition) is 1. The van der Waals surface area contributed by atoms with Crippen molar-refractivity contribution in [1.82, 2.24) is 5.32 Å². The molecule has 0 spiro atoms. The van der Waals surface area contributed by atoms with Gasteiger partial charge in [-0.3, -0.25) is 4.79 Å². The molecule has 0 heterocycles. The van der Waals surface area contributed by atoms with Crippen LogP contribution in [0, 0.1) is 5.92 Å². The van der Waals surface area contributed by atoms with E-state index >= 15 is 0 Å². The number of carbonyl (C=O) groups excluding carboxylic acids is 1. The molecule has 0 aromatic heterocycles. The quantitative estimate of drug-likeness (QED) is 0.626. The van der Waals surface area contributed by atoms with Crippen molar-refractivity contribution in [2.24, 2.45) is 5.92 Å². The molecule has 1 rings (SSSR count). The van der Waals surface area contributed by atoms with E-state index in [1.807, 2.05) is 37.3 Å². The van der Waals surface area contributed by atoms with Crippen molar-refractivity contribution in [3.05, 3.63) is 42.5 Å². The highest BCUT2D eigenvalue weighted by atomic mass is 32.2. The largest absolute Gasteiger partial charge is 0.349 e. The van der Waals surface area contributed by atoms with Gasteiger partial charge in [0.15, 0.2) is 0 Å². The predicted octanol–water partition coefficient (Wildman–Crippen LogP) is 3.74. The number of rotatable bonds is 6. The maximum absolute atomic E-state index is 12.2. The first-order valence-corrected chi connectivity index (χ1v) is 7.18. The lowest BCUT2D eigenvalue weighted by Gasteiger charge is -2.18. The Morgan fingerprint density at radius 3 is 2.67 bits per heavy atom. The minimum absolute atomic E-state index is 0.00311. The lowest BCUT2D eigenvalue weighted by atomic mass is 10.1. The van der Waals surface area contributed by atoms with Gasteiger partial charge in [0.25, 0.3) is 5.91 Å². The van der Waals surface area contributed by atoms with Gasteiger partial charge in [-0.1, -0.05) is 32.1 Å². The van der Waals surface area contributed by atoms with Gasteiger partial charge in [0, 0.05) is 16.7 Å². The van der Waals surface area contributed by atoms with Crippen molar-refractivity contribution < 1.29 is 4.79 Å². The van der Waals surface area contributed by atoms with Gasteiger partial charge in [-0.05, 0) is 25.0 Å². The van der Waals surface area contributed by atoms with Crippen LogP contribution < -0.4 is 5.32 Å². The highest BCUT2D eigenvalue weighted by Crippen LogP contribution is 2.22. The van der Waals surface area contributed by atoms with Gasteiger partial charge in [0.1, 0.15) is 0 Å². The molecule has 0 aliphatic heterocycles. The second kappa shape index (κ2) is 7.27. The molecule has 1 atom stereocenters. The maximum Gasteiger partial charge on any atom is 0.252 e. The number of thioether (sulfide) groups is 1. The first kappa shape index (κ1) is 14.8. The van der Waals surface area contributed by atoms with Gasteiger partial charge >= 0.3 is 0 Å². The SMILES string of the molecule is C=CCSc1ccccc1C(=O)NC(C)C(C)C. The molecule has 98 valence electrons. The predicted molar refractivity (Wildman–Crippen MR) is 79.1 cm³/mol. The molecule has 0 bridgehead atoms. The number of hydrogen-bond acceptors (Lipinski definition) is 2. The third kappa shape index (κ3) is 4.22. The Bertz CT molecular complexity index is 415. The summed E-state index contributed by atoms with van der Waals surface area (Å²) in [7, 11) is 0. The van der Waals surface area contributed by atoms with E-state index in [9.17, 15) is 4.79 Å². The minimum atomic E-state index is 0.00311. The third-order valence-corrected chi connectivity index (χ3v) is 3.92. The van der Waals surface area contributed by atoms with Crippen LogP contribution in [0.1, 0.15) is 31.1 Å². The van der Waals surface area contributed by atoms with Crippen molar-refractivity contribution in [1.29, 1.82) is 0 Å². The molecule has 0 aliphatic rings. The fourth-order valence-corrected chi connectivity index (χ4v) is 2.17. The first-order chi connectivity index (χ1) is 8.56. The van der Waals surface area contributed by atoms with Crippen LogP contribution >= 0.6 is 11.8 Å². The third-order valence-electron chi connectivity index (χ3n) is 2.85. The fraction of sp³-hybridized carbons (Fsp3) is 0.400. The van der Waals surface area contributed by atoms with Crippen molar-refractivity contribution in [3.8, 4) is 0 Å². The van der Waals surface area contributed by atoms with E-state index in [1.165, 1.54) is 0 Å². The van der Waals surface area contributed by atoms with Crippen LogP contribution in [0.15, 0.2) is 41.8 Å². The number of benzene rings is 1. The molecule has 1 aromatic carbocycles. The molecule has 1 amide bonds. The van der Waals surface area contributed by atoms with E-state index < -0.39 is 0 Å². The lowest BCUT2D eigenvalue weighted by Crippen LogP contribution is -2.36. The number of nitrogens with one attached hydrogen (secondary N) is 1. The zero-order chi connectivity index (χ0) is 13.5. The Kier molecular flexibility index (Phi) is 5.99. The van der Waals surface area contributed by atoms with Crippen LogP contribution in [0.25, 0.3) is 0 Å². The van der Waals surface area contributed by atoms with Crippen molar-refractivity contribution in [3.63, 3.8) is 0 Å². The average molecular weight is 263 g/mol. The average Bonchev–Trinajstić information content (AvgIpc) is 2.36. The Hall–Kier alpha value is -1.22. The Morgan fingerprint density at radius 1 is 1.39 bits per heavy atom. The van der Waals surface area contributed by atoms with E-state index in [0.717, 1.165) is 16.2 Å². The van der Waals surface area contributed by atoms with Gasteiger partial charge in [0.2, 0.25) is 0 Å². The van der Waals surface area contributed by atoms with Gasteiger partial charge in [-0.2, -0.15) is 0 Å². The number of carbonyl (C=O) groups is 1. The van der Waals surface area contributed by atoms with Gasteiger partial charge in [-0.15, -0.1) is 18.3 Å². The van der Waals surface area contributed by atoms with Gasteiger partial charge in [0.05, 0.1) is 5.56 Å². The van der Waals surface area contributed by atoms with E-state index in [4.69, 9.17) is 0 Å². The monoisotopic (exact) mass is 263 g/mol. The highest BCUT2D eigenvalue weighted by molar-refractivity contribution is 7.99. The van der Waals surface area contributed by atoms with Crippen LogP contribution in [0.4, 0.5) is 0 Å². The zero-order valence-electron chi connectivity index (χ0n) is 11.3. The van der Waals surface area contributed by atoms with E-state index in [0.29, 0.717) is 5.92 Å². The summed E-state index contributed by atoms with van der Waals surface area (Å²) < 4.78 is 0. The summed E-state index contributed by atoms with van der Waals surface area (Å²) in [4.78, 5) is 13.2. The van der Waals surface area contributed by atoms with Gasteiger partial charge < -0.3 is 5.32 Å². The normalized spacial score (nSPS) is 12.2. The van der Waals surface area contributed by atoms with Crippen molar-refractivity contribution in [2.75, 3.05) is 5.75 Å². The molecule has 2 nitrogen and oxygen atoms in total. The van der Waals surface area contributed by atoms with Crippen molar-refractivity contribution >= 4 is 17.7 Å². The summed E-state index contributed by atoms with van der Waals surface area (Å²) in [5, 5.41) is 3.03. The van der Waals surface area contributed by atoms with Crippen LogP contribution in [0.2, 0.25) is 0 Å². The summed E-state index contributed by atoms with van der Waals surface area (Å²) in [6.45, 7) is 9.93. The molecular formula is C15H21NOS. The second-order valence-corrected chi connectivity index (χ2v) is 5.66. The summed E-state index contributed by atoms with van der Waals surface area (Å²) in [6.07, 6.45) is 1.84.